The Labute approximate surface area is 112 Å². The summed E-state index contributed by atoms with van der Waals surface area (Å²) in [5, 5.41) is 12.1. The van der Waals surface area contributed by atoms with Crippen LogP contribution in [-0.4, -0.2) is 48.3 Å². The molecule has 0 aliphatic heterocycles. The van der Waals surface area contributed by atoms with Gasteiger partial charge in [-0.3, -0.25) is 4.90 Å². The number of nitrogens with zero attached hydrogens (tertiary/aromatic N) is 1. The van der Waals surface area contributed by atoms with E-state index in [2.05, 4.69) is 17.7 Å². The average Bonchev–Trinajstić information content (AvgIpc) is 2.79. The summed E-state index contributed by atoms with van der Waals surface area (Å²) in [7, 11) is 3.18. The zero-order valence-corrected chi connectivity index (χ0v) is 12.2. The highest BCUT2D eigenvalue weighted by Crippen LogP contribution is 2.16. The third-order valence-electron chi connectivity index (χ3n) is 3.01. The molecule has 0 bridgehead atoms. The number of ether oxygens (including phenoxy) is 1. The van der Waals surface area contributed by atoms with Crippen molar-refractivity contribution in [1.29, 1.82) is 0 Å². The Morgan fingerprint density at radius 2 is 2.33 bits per heavy atom. The Balaban J connectivity index is 2.54. The molecule has 2 atom stereocenters. The van der Waals surface area contributed by atoms with Gasteiger partial charge in [0, 0.05) is 17.5 Å². The lowest BCUT2D eigenvalue weighted by molar-refractivity contribution is -0.162. The molecule has 102 valence electrons. The molecular weight excluding hydrogens is 250 g/mol. The first kappa shape index (κ1) is 15.1. The fraction of sp³-hybridized carbons (Fsp3) is 0.615. The van der Waals surface area contributed by atoms with Crippen LogP contribution < -0.4 is 0 Å². The first-order valence-corrected chi connectivity index (χ1v) is 6.78. The molecule has 0 amide bonds. The van der Waals surface area contributed by atoms with Gasteiger partial charge in [0.2, 0.25) is 0 Å². The molecule has 0 saturated carbocycles. The summed E-state index contributed by atoms with van der Waals surface area (Å²) in [6, 6.07) is 4.37. The summed E-state index contributed by atoms with van der Waals surface area (Å²) < 4.78 is 4.59. The van der Waals surface area contributed by atoms with Gasteiger partial charge < -0.3 is 9.84 Å². The topological polar surface area (TPSA) is 49.8 Å². The van der Waals surface area contributed by atoms with Crippen LogP contribution in [0.5, 0.6) is 0 Å². The van der Waals surface area contributed by atoms with E-state index in [0.29, 0.717) is 0 Å². The van der Waals surface area contributed by atoms with Crippen molar-refractivity contribution in [3.05, 3.63) is 22.4 Å². The number of carbonyl (C=O) groups excluding carboxylic acids is 1. The molecular formula is C13H21NO3S. The maximum Gasteiger partial charge on any atom is 0.338 e. The smallest absolute Gasteiger partial charge is 0.338 e. The number of hydrogen-bond donors (Lipinski definition) is 1. The minimum atomic E-state index is -1.47. The molecule has 1 aromatic heterocycles. The van der Waals surface area contributed by atoms with Crippen LogP contribution in [0.1, 0.15) is 18.7 Å². The summed E-state index contributed by atoms with van der Waals surface area (Å²) in [5.41, 5.74) is -1.47. The molecule has 5 heteroatoms. The van der Waals surface area contributed by atoms with Gasteiger partial charge in [0.25, 0.3) is 0 Å². The van der Waals surface area contributed by atoms with Gasteiger partial charge in [-0.1, -0.05) is 6.07 Å². The predicted octanol–water partition coefficient (Wildman–Crippen LogP) is 1.53. The van der Waals surface area contributed by atoms with E-state index in [1.807, 2.05) is 23.4 Å². The molecule has 0 radical (unpaired) electrons. The molecule has 2 unspecified atom stereocenters. The van der Waals surface area contributed by atoms with Crippen LogP contribution in [0.15, 0.2) is 17.5 Å². The molecule has 1 N–H and O–H groups in total. The van der Waals surface area contributed by atoms with Crippen LogP contribution >= 0.6 is 11.3 Å². The lowest BCUT2D eigenvalue weighted by atomic mass is 10.1. The fourth-order valence-electron chi connectivity index (χ4n) is 1.80. The van der Waals surface area contributed by atoms with E-state index in [0.717, 1.165) is 6.42 Å². The van der Waals surface area contributed by atoms with Crippen LogP contribution in [-0.2, 0) is 16.0 Å². The van der Waals surface area contributed by atoms with Crippen molar-refractivity contribution < 1.29 is 14.6 Å². The third-order valence-corrected chi connectivity index (χ3v) is 3.91. The Morgan fingerprint density at radius 3 is 2.83 bits per heavy atom. The summed E-state index contributed by atoms with van der Waals surface area (Å²) in [4.78, 5) is 14.7. The summed E-state index contributed by atoms with van der Waals surface area (Å²) in [5.74, 6) is -0.599. The zero-order valence-electron chi connectivity index (χ0n) is 11.3. The maximum absolute atomic E-state index is 11.4. The molecule has 0 aromatic carbocycles. The van der Waals surface area contributed by atoms with E-state index in [1.54, 1.807) is 11.3 Å². The van der Waals surface area contributed by atoms with E-state index >= 15 is 0 Å². The third kappa shape index (κ3) is 4.08. The molecule has 0 saturated heterocycles. The lowest BCUT2D eigenvalue weighted by Crippen LogP contribution is -2.48. The maximum atomic E-state index is 11.4. The van der Waals surface area contributed by atoms with Gasteiger partial charge in [-0.25, -0.2) is 4.79 Å². The molecule has 1 aromatic rings. The van der Waals surface area contributed by atoms with Gasteiger partial charge in [0.05, 0.1) is 7.11 Å². The van der Waals surface area contributed by atoms with E-state index in [9.17, 15) is 9.90 Å². The highest BCUT2D eigenvalue weighted by Gasteiger charge is 2.33. The van der Waals surface area contributed by atoms with Crippen LogP contribution in [0.25, 0.3) is 0 Å². The minimum absolute atomic E-state index is 0.250. The molecule has 0 aliphatic rings. The largest absolute Gasteiger partial charge is 0.467 e. The number of hydrogen-bond acceptors (Lipinski definition) is 5. The lowest BCUT2D eigenvalue weighted by Gasteiger charge is -2.30. The van der Waals surface area contributed by atoms with E-state index in [4.69, 9.17) is 0 Å². The SMILES string of the molecule is COC(=O)C(C)(O)CN(C)C(C)Cc1cccs1. The highest BCUT2D eigenvalue weighted by atomic mass is 32.1. The number of aliphatic hydroxyl groups is 1. The van der Waals surface area contributed by atoms with Crippen LogP contribution in [0.3, 0.4) is 0 Å². The van der Waals surface area contributed by atoms with Crippen molar-refractivity contribution in [3.8, 4) is 0 Å². The van der Waals surface area contributed by atoms with E-state index in [-0.39, 0.29) is 12.6 Å². The first-order valence-electron chi connectivity index (χ1n) is 5.90. The monoisotopic (exact) mass is 271 g/mol. The van der Waals surface area contributed by atoms with Crippen molar-refractivity contribution in [3.63, 3.8) is 0 Å². The van der Waals surface area contributed by atoms with Crippen molar-refractivity contribution >= 4 is 17.3 Å². The predicted molar refractivity (Wildman–Crippen MR) is 72.8 cm³/mol. The summed E-state index contributed by atoms with van der Waals surface area (Å²) >= 11 is 1.72. The number of thiophene rings is 1. The van der Waals surface area contributed by atoms with E-state index in [1.165, 1.54) is 18.9 Å². The number of carbonyl (C=O) groups is 1. The standard InChI is InChI=1S/C13H21NO3S/c1-10(8-11-6-5-7-18-11)14(3)9-13(2,16)12(15)17-4/h5-7,10,16H,8-9H2,1-4H3. The Morgan fingerprint density at radius 1 is 1.67 bits per heavy atom. The molecule has 0 fully saturated rings. The van der Waals surface area contributed by atoms with Gasteiger partial charge in [-0.2, -0.15) is 0 Å². The first-order chi connectivity index (χ1) is 8.36. The van der Waals surface area contributed by atoms with Crippen LogP contribution in [0.2, 0.25) is 0 Å². The fourth-order valence-corrected chi connectivity index (χ4v) is 2.63. The van der Waals surface area contributed by atoms with Gasteiger partial charge in [0.15, 0.2) is 5.60 Å². The van der Waals surface area contributed by atoms with Gasteiger partial charge in [-0.05, 0) is 38.8 Å². The quantitative estimate of drug-likeness (QED) is 0.797. The number of esters is 1. The van der Waals surface area contributed by atoms with Crippen LogP contribution in [0, 0.1) is 0 Å². The van der Waals surface area contributed by atoms with Crippen molar-refractivity contribution in [2.45, 2.75) is 31.9 Å². The number of likely N-dealkylation sites (N-methyl/N-ethyl adjacent to an activating group) is 1. The average molecular weight is 271 g/mol. The van der Waals surface area contributed by atoms with Gasteiger partial charge >= 0.3 is 5.97 Å². The Bertz CT molecular complexity index is 376. The Hall–Kier alpha value is -0.910. The highest BCUT2D eigenvalue weighted by molar-refractivity contribution is 7.09. The van der Waals surface area contributed by atoms with Crippen molar-refractivity contribution in [1.82, 2.24) is 4.90 Å². The second-order valence-electron chi connectivity index (χ2n) is 4.81. The second kappa shape index (κ2) is 6.31. The normalized spacial score (nSPS) is 16.3. The molecule has 4 nitrogen and oxygen atoms in total. The van der Waals surface area contributed by atoms with Crippen LogP contribution in [0.4, 0.5) is 0 Å². The number of methoxy groups -OCH3 is 1. The molecule has 0 spiro atoms. The summed E-state index contributed by atoms with van der Waals surface area (Å²) in [6.07, 6.45) is 0.908. The Kier molecular flexibility index (Phi) is 5.31. The summed E-state index contributed by atoms with van der Waals surface area (Å²) in [6.45, 7) is 3.81. The molecule has 0 aliphatic carbocycles. The van der Waals surface area contributed by atoms with Gasteiger partial charge in [-0.15, -0.1) is 11.3 Å². The zero-order chi connectivity index (χ0) is 13.8. The van der Waals surface area contributed by atoms with Gasteiger partial charge in [0.1, 0.15) is 0 Å². The number of rotatable bonds is 6. The van der Waals surface area contributed by atoms with Crippen molar-refractivity contribution in [2.75, 3.05) is 20.7 Å². The molecule has 1 rings (SSSR count). The van der Waals surface area contributed by atoms with E-state index < -0.39 is 11.6 Å². The minimum Gasteiger partial charge on any atom is -0.467 e. The van der Waals surface area contributed by atoms with Crippen molar-refractivity contribution in [2.24, 2.45) is 0 Å². The molecule has 18 heavy (non-hydrogen) atoms. The molecule has 1 heterocycles. The second-order valence-corrected chi connectivity index (χ2v) is 5.85.